The van der Waals surface area contributed by atoms with Gasteiger partial charge in [-0.05, 0) is 49.6 Å². The third-order valence-corrected chi connectivity index (χ3v) is 7.21. The molecule has 1 heterocycles. The summed E-state index contributed by atoms with van der Waals surface area (Å²) in [7, 11) is -2.08. The molecule has 0 unspecified atom stereocenters. The second-order valence-corrected chi connectivity index (χ2v) is 9.79. The fraction of sp³-hybridized carbons (Fsp3) is 0.200. The summed E-state index contributed by atoms with van der Waals surface area (Å²) in [5.74, 6) is -0.129. The normalized spacial score (nSPS) is 11.4. The number of amides is 1. The van der Waals surface area contributed by atoms with Crippen LogP contribution in [0.1, 0.15) is 12.0 Å². The minimum Gasteiger partial charge on any atom is -0.302 e. The standard InChI is InChI=1S/C20H21N3O3S3/c1-21-29(25,26)17-10-3-14(4-11-17)5-12-19(24)23-20-22-18(13-28-20)15-6-8-16(27-2)9-7-15/h3-4,6-11,13,21H,5,12H2,1-2H3,(H,22,23,24). The monoisotopic (exact) mass is 447 g/mol. The van der Waals surface area contributed by atoms with Gasteiger partial charge in [0.15, 0.2) is 5.13 Å². The van der Waals surface area contributed by atoms with E-state index in [1.807, 2.05) is 35.9 Å². The molecule has 1 aromatic heterocycles. The number of nitrogens with zero attached hydrogens (tertiary/aromatic N) is 1. The van der Waals surface area contributed by atoms with E-state index in [0.29, 0.717) is 11.6 Å². The Labute approximate surface area is 178 Å². The van der Waals surface area contributed by atoms with Gasteiger partial charge >= 0.3 is 0 Å². The average molecular weight is 448 g/mol. The predicted octanol–water partition coefficient (Wildman–Crippen LogP) is 4.01. The van der Waals surface area contributed by atoms with E-state index in [-0.39, 0.29) is 17.2 Å². The number of nitrogens with one attached hydrogen (secondary N) is 2. The van der Waals surface area contributed by atoms with Gasteiger partial charge in [-0.15, -0.1) is 23.1 Å². The molecule has 0 atom stereocenters. The molecule has 3 aromatic rings. The molecule has 2 N–H and O–H groups in total. The van der Waals surface area contributed by atoms with Gasteiger partial charge in [0.2, 0.25) is 15.9 Å². The van der Waals surface area contributed by atoms with E-state index in [1.165, 1.54) is 35.4 Å². The Kier molecular flexibility index (Phi) is 7.07. The molecule has 3 rings (SSSR count). The SMILES string of the molecule is CNS(=O)(=O)c1ccc(CCC(=O)Nc2nc(-c3ccc(SC)cc3)cs2)cc1. The van der Waals surface area contributed by atoms with Crippen LogP contribution in [0, 0.1) is 0 Å². The molecule has 0 saturated carbocycles. The second kappa shape index (κ2) is 9.53. The maximum atomic E-state index is 12.2. The average Bonchev–Trinajstić information content (AvgIpc) is 3.21. The maximum absolute atomic E-state index is 12.2. The summed E-state index contributed by atoms with van der Waals surface area (Å²) in [5.41, 5.74) is 2.74. The Morgan fingerprint density at radius 1 is 1.10 bits per heavy atom. The van der Waals surface area contributed by atoms with Gasteiger partial charge in [0.1, 0.15) is 0 Å². The highest BCUT2D eigenvalue weighted by Crippen LogP contribution is 2.26. The van der Waals surface area contributed by atoms with Crippen LogP contribution in [0.4, 0.5) is 5.13 Å². The quantitative estimate of drug-likeness (QED) is 0.510. The number of sulfonamides is 1. The van der Waals surface area contributed by atoms with E-state index < -0.39 is 10.0 Å². The topological polar surface area (TPSA) is 88.2 Å². The number of benzene rings is 2. The summed E-state index contributed by atoms with van der Waals surface area (Å²) in [6, 6.07) is 14.6. The van der Waals surface area contributed by atoms with Crippen molar-refractivity contribution >= 4 is 44.2 Å². The van der Waals surface area contributed by atoms with Crippen LogP contribution >= 0.6 is 23.1 Å². The lowest BCUT2D eigenvalue weighted by molar-refractivity contribution is -0.116. The molecule has 1 amide bonds. The molecule has 6 nitrogen and oxygen atoms in total. The lowest BCUT2D eigenvalue weighted by Gasteiger charge is -2.05. The molecule has 9 heteroatoms. The number of carbonyl (C=O) groups is 1. The van der Waals surface area contributed by atoms with E-state index in [1.54, 1.807) is 23.9 Å². The first-order chi connectivity index (χ1) is 13.9. The van der Waals surface area contributed by atoms with Gasteiger partial charge in [0, 0.05) is 22.3 Å². The minimum atomic E-state index is -3.45. The smallest absolute Gasteiger partial charge is 0.240 e. The molecule has 0 aliphatic rings. The van der Waals surface area contributed by atoms with E-state index in [9.17, 15) is 13.2 Å². The summed E-state index contributed by atoms with van der Waals surface area (Å²) >= 11 is 3.07. The number of carbonyl (C=O) groups excluding carboxylic acids is 1. The van der Waals surface area contributed by atoms with Crippen molar-refractivity contribution in [2.45, 2.75) is 22.6 Å². The van der Waals surface area contributed by atoms with Crippen LogP contribution < -0.4 is 10.0 Å². The Morgan fingerprint density at radius 3 is 2.41 bits per heavy atom. The summed E-state index contributed by atoms with van der Waals surface area (Å²) in [6.07, 6.45) is 2.83. The van der Waals surface area contributed by atoms with Crippen LogP contribution in [-0.4, -0.2) is 32.6 Å². The van der Waals surface area contributed by atoms with Crippen molar-refractivity contribution in [1.29, 1.82) is 0 Å². The van der Waals surface area contributed by atoms with Gasteiger partial charge in [0.05, 0.1) is 10.6 Å². The highest BCUT2D eigenvalue weighted by Gasteiger charge is 2.12. The third-order valence-electron chi connectivity index (χ3n) is 4.28. The number of thiazole rings is 1. The van der Waals surface area contributed by atoms with E-state index in [2.05, 4.69) is 15.0 Å². The molecule has 0 radical (unpaired) electrons. The number of rotatable bonds is 8. The number of hydrogen-bond donors (Lipinski definition) is 2. The summed E-state index contributed by atoms with van der Waals surface area (Å²) in [6.45, 7) is 0. The first kappa shape index (κ1) is 21.5. The molecular weight excluding hydrogens is 426 g/mol. The molecule has 0 saturated heterocycles. The van der Waals surface area contributed by atoms with Crippen LogP contribution in [0.2, 0.25) is 0 Å². The van der Waals surface area contributed by atoms with Gasteiger partial charge in [0.25, 0.3) is 0 Å². The van der Waals surface area contributed by atoms with Crippen LogP contribution in [0.5, 0.6) is 0 Å². The molecular formula is C20H21N3O3S3. The van der Waals surface area contributed by atoms with Crippen LogP contribution in [0.25, 0.3) is 11.3 Å². The molecule has 0 spiro atoms. The summed E-state index contributed by atoms with van der Waals surface area (Å²) in [5, 5.41) is 5.31. The zero-order valence-corrected chi connectivity index (χ0v) is 18.5. The Hall–Kier alpha value is -2.20. The molecule has 0 aliphatic heterocycles. The first-order valence-corrected chi connectivity index (χ1v) is 12.4. The van der Waals surface area contributed by atoms with Gasteiger partial charge in [-0.3, -0.25) is 4.79 Å². The van der Waals surface area contributed by atoms with Crippen LogP contribution in [-0.2, 0) is 21.2 Å². The zero-order chi connectivity index (χ0) is 20.9. The largest absolute Gasteiger partial charge is 0.302 e. The summed E-state index contributed by atoms with van der Waals surface area (Å²) in [4.78, 5) is 18.1. The summed E-state index contributed by atoms with van der Waals surface area (Å²) < 4.78 is 25.7. The van der Waals surface area contributed by atoms with E-state index in [0.717, 1.165) is 16.8 Å². The second-order valence-electron chi connectivity index (χ2n) is 6.17. The van der Waals surface area contributed by atoms with Crippen LogP contribution in [0.15, 0.2) is 63.7 Å². The van der Waals surface area contributed by atoms with Crippen molar-refractivity contribution in [3.05, 3.63) is 59.5 Å². The first-order valence-electron chi connectivity index (χ1n) is 8.83. The minimum absolute atomic E-state index is 0.129. The fourth-order valence-electron chi connectivity index (χ4n) is 2.62. The molecule has 2 aromatic carbocycles. The molecule has 29 heavy (non-hydrogen) atoms. The molecule has 152 valence electrons. The lowest BCUT2D eigenvalue weighted by Crippen LogP contribution is -2.18. The number of aromatic nitrogens is 1. The Morgan fingerprint density at radius 2 is 1.79 bits per heavy atom. The highest BCUT2D eigenvalue weighted by molar-refractivity contribution is 7.98. The maximum Gasteiger partial charge on any atom is 0.240 e. The van der Waals surface area contributed by atoms with Crippen LogP contribution in [0.3, 0.4) is 0 Å². The van der Waals surface area contributed by atoms with Gasteiger partial charge in [-0.25, -0.2) is 18.1 Å². The van der Waals surface area contributed by atoms with Gasteiger partial charge in [-0.2, -0.15) is 0 Å². The molecule has 0 fully saturated rings. The molecule has 0 aliphatic carbocycles. The number of hydrogen-bond acceptors (Lipinski definition) is 6. The Bertz CT molecular complexity index is 1080. The predicted molar refractivity (Wildman–Crippen MR) is 119 cm³/mol. The van der Waals surface area contributed by atoms with Gasteiger partial charge in [-0.1, -0.05) is 24.3 Å². The third kappa shape index (κ3) is 5.66. The fourth-order valence-corrected chi connectivity index (χ4v) is 4.49. The highest BCUT2D eigenvalue weighted by atomic mass is 32.2. The van der Waals surface area contributed by atoms with Crippen molar-refractivity contribution in [3.8, 4) is 11.3 Å². The number of thioether (sulfide) groups is 1. The van der Waals surface area contributed by atoms with Crippen molar-refractivity contribution in [2.24, 2.45) is 0 Å². The van der Waals surface area contributed by atoms with Crippen molar-refractivity contribution < 1.29 is 13.2 Å². The zero-order valence-electron chi connectivity index (χ0n) is 16.0. The van der Waals surface area contributed by atoms with Crippen molar-refractivity contribution in [2.75, 3.05) is 18.6 Å². The van der Waals surface area contributed by atoms with E-state index >= 15 is 0 Å². The number of aryl methyl sites for hydroxylation is 1. The lowest BCUT2D eigenvalue weighted by atomic mass is 10.1. The van der Waals surface area contributed by atoms with Crippen molar-refractivity contribution in [3.63, 3.8) is 0 Å². The van der Waals surface area contributed by atoms with Crippen molar-refractivity contribution in [1.82, 2.24) is 9.71 Å². The van der Waals surface area contributed by atoms with Gasteiger partial charge < -0.3 is 5.32 Å². The molecule has 0 bridgehead atoms. The Balaban J connectivity index is 1.55. The number of anilines is 1. The van der Waals surface area contributed by atoms with E-state index in [4.69, 9.17) is 0 Å².